The number of hydrogen-bond donors (Lipinski definition) is 1. The maximum Gasteiger partial charge on any atom is 0.279 e. The summed E-state index contributed by atoms with van der Waals surface area (Å²) in [5.74, 6) is -0.416. The quantitative estimate of drug-likeness (QED) is 0.473. The van der Waals surface area contributed by atoms with Crippen LogP contribution in [0, 0.1) is 15.9 Å². The standard InChI is InChI=1S/C17H18FN3O4/c1-20(2)15(16-4-3-9-25-16)11-19-17(22)8-6-12-5-7-13(18)10-14(12)21(23)24/h3-10,15H,11H2,1-2H3,(H,19,22)/b8-6+/t15-/m1/s1. The Morgan fingerprint density at radius 3 is 2.80 bits per heavy atom. The zero-order chi connectivity index (χ0) is 18.4. The maximum absolute atomic E-state index is 13.1. The molecule has 0 unspecified atom stereocenters. The van der Waals surface area contributed by atoms with Crippen LogP contribution in [0.2, 0.25) is 0 Å². The van der Waals surface area contributed by atoms with Gasteiger partial charge in [-0.2, -0.15) is 0 Å². The van der Waals surface area contributed by atoms with Crippen LogP contribution in [-0.4, -0.2) is 36.4 Å². The van der Waals surface area contributed by atoms with Crippen LogP contribution in [-0.2, 0) is 4.79 Å². The normalized spacial score (nSPS) is 12.5. The molecule has 7 nitrogen and oxygen atoms in total. The smallest absolute Gasteiger partial charge is 0.279 e. The molecular formula is C17H18FN3O4. The van der Waals surface area contributed by atoms with E-state index in [0.717, 1.165) is 12.1 Å². The first-order valence-electron chi connectivity index (χ1n) is 7.48. The molecule has 0 saturated heterocycles. The molecular weight excluding hydrogens is 329 g/mol. The summed E-state index contributed by atoms with van der Waals surface area (Å²) in [5, 5.41) is 13.6. The molecule has 1 aromatic heterocycles. The Kier molecular flexibility index (Phi) is 6.02. The van der Waals surface area contributed by atoms with Gasteiger partial charge in [-0.3, -0.25) is 19.8 Å². The number of amides is 1. The molecule has 0 radical (unpaired) electrons. The molecule has 0 spiro atoms. The fourth-order valence-electron chi connectivity index (χ4n) is 2.26. The summed E-state index contributed by atoms with van der Waals surface area (Å²) >= 11 is 0. The highest BCUT2D eigenvalue weighted by Crippen LogP contribution is 2.21. The van der Waals surface area contributed by atoms with Crippen molar-refractivity contribution in [2.75, 3.05) is 20.6 Å². The second kappa shape index (κ2) is 8.20. The SMILES string of the molecule is CN(C)[C@H](CNC(=O)/C=C/c1ccc(F)cc1[N+](=O)[O-])c1ccco1. The van der Waals surface area contributed by atoms with Crippen molar-refractivity contribution in [3.63, 3.8) is 0 Å². The van der Waals surface area contributed by atoms with E-state index < -0.39 is 22.3 Å². The summed E-state index contributed by atoms with van der Waals surface area (Å²) in [5.41, 5.74) is -0.248. The van der Waals surface area contributed by atoms with Gasteiger partial charge in [-0.25, -0.2) is 4.39 Å². The van der Waals surface area contributed by atoms with Crippen LogP contribution in [0.3, 0.4) is 0 Å². The fourth-order valence-corrected chi connectivity index (χ4v) is 2.26. The number of rotatable bonds is 7. The number of nitro benzene ring substituents is 1. The highest BCUT2D eigenvalue weighted by Gasteiger charge is 2.17. The lowest BCUT2D eigenvalue weighted by Crippen LogP contribution is -2.33. The molecule has 25 heavy (non-hydrogen) atoms. The van der Waals surface area contributed by atoms with Crippen LogP contribution < -0.4 is 5.32 Å². The number of nitro groups is 1. The Morgan fingerprint density at radius 2 is 2.20 bits per heavy atom. The second-order valence-electron chi connectivity index (χ2n) is 5.53. The summed E-state index contributed by atoms with van der Waals surface area (Å²) in [7, 11) is 3.72. The van der Waals surface area contributed by atoms with Crippen LogP contribution in [0.1, 0.15) is 17.4 Å². The third-order valence-corrected chi connectivity index (χ3v) is 3.57. The highest BCUT2D eigenvalue weighted by atomic mass is 19.1. The molecule has 0 fully saturated rings. The lowest BCUT2D eigenvalue weighted by molar-refractivity contribution is -0.385. The molecule has 1 aromatic carbocycles. The van der Waals surface area contributed by atoms with Crippen molar-refractivity contribution in [2.24, 2.45) is 0 Å². The van der Waals surface area contributed by atoms with E-state index in [4.69, 9.17) is 4.42 Å². The van der Waals surface area contributed by atoms with Gasteiger partial charge in [-0.1, -0.05) is 0 Å². The molecule has 2 aromatic rings. The molecule has 0 aliphatic carbocycles. The van der Waals surface area contributed by atoms with Gasteiger partial charge in [-0.15, -0.1) is 0 Å². The van der Waals surface area contributed by atoms with E-state index in [-0.39, 0.29) is 11.6 Å². The molecule has 0 aliphatic rings. The molecule has 1 amide bonds. The van der Waals surface area contributed by atoms with Crippen LogP contribution in [0.15, 0.2) is 47.1 Å². The Labute approximate surface area is 143 Å². The molecule has 0 bridgehead atoms. The summed E-state index contributed by atoms with van der Waals surface area (Å²) in [6.07, 6.45) is 4.01. The van der Waals surface area contributed by atoms with Crippen LogP contribution in [0.25, 0.3) is 6.08 Å². The van der Waals surface area contributed by atoms with Crippen molar-refractivity contribution in [3.05, 3.63) is 69.9 Å². The first-order valence-corrected chi connectivity index (χ1v) is 7.48. The van der Waals surface area contributed by atoms with Gasteiger partial charge in [0.1, 0.15) is 11.6 Å². The summed E-state index contributed by atoms with van der Waals surface area (Å²) in [6.45, 7) is 0.301. The van der Waals surface area contributed by atoms with E-state index in [1.807, 2.05) is 25.1 Å². The van der Waals surface area contributed by atoms with Gasteiger partial charge in [0.05, 0.1) is 28.9 Å². The zero-order valence-electron chi connectivity index (χ0n) is 13.8. The third kappa shape index (κ3) is 4.98. The van der Waals surface area contributed by atoms with Gasteiger partial charge in [0.25, 0.3) is 5.69 Å². The van der Waals surface area contributed by atoms with Gasteiger partial charge in [0.15, 0.2) is 0 Å². The zero-order valence-corrected chi connectivity index (χ0v) is 13.8. The minimum Gasteiger partial charge on any atom is -0.468 e. The number of carbonyl (C=O) groups excluding carboxylic acids is 1. The van der Waals surface area contributed by atoms with Gasteiger partial charge in [0.2, 0.25) is 5.91 Å². The van der Waals surface area contributed by atoms with Crippen molar-refractivity contribution in [2.45, 2.75) is 6.04 Å². The topological polar surface area (TPSA) is 88.6 Å². The van der Waals surface area contributed by atoms with E-state index in [0.29, 0.717) is 12.3 Å². The minimum atomic E-state index is -0.708. The fraction of sp³-hybridized carbons (Fsp3) is 0.235. The average molecular weight is 347 g/mol. The lowest BCUT2D eigenvalue weighted by Gasteiger charge is -2.22. The van der Waals surface area contributed by atoms with Crippen LogP contribution in [0.4, 0.5) is 10.1 Å². The van der Waals surface area contributed by atoms with Gasteiger partial charge >= 0.3 is 0 Å². The lowest BCUT2D eigenvalue weighted by atomic mass is 10.1. The summed E-state index contributed by atoms with van der Waals surface area (Å²) in [4.78, 5) is 24.1. The number of carbonyl (C=O) groups is 1. The van der Waals surface area contributed by atoms with Gasteiger partial charge < -0.3 is 9.73 Å². The van der Waals surface area contributed by atoms with E-state index in [1.54, 1.807) is 12.3 Å². The molecule has 0 saturated carbocycles. The highest BCUT2D eigenvalue weighted by molar-refractivity contribution is 5.92. The van der Waals surface area contributed by atoms with E-state index in [9.17, 15) is 19.3 Å². The molecule has 132 valence electrons. The number of halogens is 1. The number of hydrogen-bond acceptors (Lipinski definition) is 5. The largest absolute Gasteiger partial charge is 0.468 e. The van der Waals surface area contributed by atoms with E-state index >= 15 is 0 Å². The van der Waals surface area contributed by atoms with E-state index in [2.05, 4.69) is 5.32 Å². The van der Waals surface area contributed by atoms with Crippen LogP contribution in [0.5, 0.6) is 0 Å². The van der Waals surface area contributed by atoms with Gasteiger partial charge in [0, 0.05) is 12.6 Å². The Bertz CT molecular complexity index is 772. The Morgan fingerprint density at radius 1 is 1.44 bits per heavy atom. The Hall–Kier alpha value is -3.00. The predicted octanol–water partition coefficient (Wildman–Crippen LogP) is 2.76. The number of nitrogens with zero attached hydrogens (tertiary/aromatic N) is 2. The molecule has 1 atom stereocenters. The summed E-state index contributed by atoms with van der Waals surface area (Å²) < 4.78 is 18.5. The third-order valence-electron chi connectivity index (χ3n) is 3.57. The van der Waals surface area contributed by atoms with Crippen molar-refractivity contribution < 1.29 is 18.5 Å². The van der Waals surface area contributed by atoms with Crippen molar-refractivity contribution in [3.8, 4) is 0 Å². The molecule has 0 aliphatic heterocycles. The molecule has 1 heterocycles. The number of furan rings is 1. The van der Waals surface area contributed by atoms with Gasteiger partial charge in [-0.05, 0) is 44.4 Å². The number of nitrogens with one attached hydrogen (secondary N) is 1. The second-order valence-corrected chi connectivity index (χ2v) is 5.53. The van der Waals surface area contributed by atoms with E-state index in [1.165, 1.54) is 18.2 Å². The first kappa shape index (κ1) is 18.3. The number of likely N-dealkylation sites (N-methyl/N-ethyl adjacent to an activating group) is 1. The minimum absolute atomic E-state index is 0.146. The molecule has 1 N–H and O–H groups in total. The van der Waals surface area contributed by atoms with Crippen molar-refractivity contribution >= 4 is 17.7 Å². The van der Waals surface area contributed by atoms with Crippen LogP contribution >= 0.6 is 0 Å². The monoisotopic (exact) mass is 347 g/mol. The predicted molar refractivity (Wildman–Crippen MR) is 90.2 cm³/mol. The average Bonchev–Trinajstić information content (AvgIpc) is 3.07. The Balaban J connectivity index is 2.03. The summed E-state index contributed by atoms with van der Waals surface area (Å²) in [6, 6.07) is 6.60. The van der Waals surface area contributed by atoms with Crippen molar-refractivity contribution in [1.82, 2.24) is 10.2 Å². The maximum atomic E-state index is 13.1. The molecule has 8 heteroatoms. The van der Waals surface area contributed by atoms with Crippen molar-refractivity contribution in [1.29, 1.82) is 0 Å². The molecule has 2 rings (SSSR count). The number of benzene rings is 1. The first-order chi connectivity index (χ1) is 11.9.